The van der Waals surface area contributed by atoms with Crippen LogP contribution in [0.25, 0.3) is 22.3 Å². The largest absolute Gasteiger partial charge is 0.508 e. The van der Waals surface area contributed by atoms with Gasteiger partial charge in [0.05, 0.1) is 13.2 Å². The highest BCUT2D eigenvalue weighted by Crippen LogP contribution is 2.37. The third-order valence-electron chi connectivity index (χ3n) is 6.85. The van der Waals surface area contributed by atoms with Gasteiger partial charge < -0.3 is 69.3 Å². The summed E-state index contributed by atoms with van der Waals surface area (Å²) in [6.07, 6.45) is -14.5. The second kappa shape index (κ2) is 11.4. The third kappa shape index (κ3) is 5.54. The Balaban J connectivity index is 1.47. The summed E-state index contributed by atoms with van der Waals surface area (Å²) in [5.41, 5.74) is -0.555. The van der Waals surface area contributed by atoms with Gasteiger partial charge in [0, 0.05) is 23.8 Å². The average Bonchev–Trinajstić information content (AvgIpc) is 2.93. The van der Waals surface area contributed by atoms with Gasteiger partial charge in [-0.15, -0.1) is 0 Å². The maximum Gasteiger partial charge on any atom is 0.229 e. The number of phenolic OH excluding ortho intramolecular Hbond substituents is 3. The van der Waals surface area contributed by atoms with Gasteiger partial charge in [-0.1, -0.05) is 0 Å². The Morgan fingerprint density at radius 3 is 2.34 bits per heavy atom. The van der Waals surface area contributed by atoms with E-state index in [0.717, 1.165) is 18.2 Å². The summed E-state index contributed by atoms with van der Waals surface area (Å²) in [5.74, 6) is -1.60. The van der Waals surface area contributed by atoms with Crippen molar-refractivity contribution in [2.24, 2.45) is 0 Å². The summed E-state index contributed by atoms with van der Waals surface area (Å²) in [4.78, 5) is 12.7. The lowest BCUT2D eigenvalue weighted by atomic mass is 9.98. The number of benzene rings is 2. The van der Waals surface area contributed by atoms with Gasteiger partial charge in [-0.2, -0.15) is 0 Å². The molecule has 41 heavy (non-hydrogen) atoms. The van der Waals surface area contributed by atoms with Crippen LogP contribution in [-0.4, -0.2) is 114 Å². The molecule has 15 nitrogen and oxygen atoms in total. The van der Waals surface area contributed by atoms with Crippen LogP contribution in [0.4, 0.5) is 0 Å². The number of aliphatic hydroxyl groups excluding tert-OH is 6. The number of hydrogen-bond donors (Lipinski definition) is 9. The van der Waals surface area contributed by atoms with Crippen molar-refractivity contribution >= 4 is 11.0 Å². The molecule has 0 bridgehead atoms. The predicted molar refractivity (Wildman–Crippen MR) is 134 cm³/mol. The molecule has 222 valence electrons. The highest BCUT2D eigenvalue weighted by Gasteiger charge is 2.50. The fraction of sp³-hybridized carbons (Fsp3) is 0.423. The van der Waals surface area contributed by atoms with Crippen LogP contribution in [0.5, 0.6) is 23.0 Å². The molecule has 2 aliphatic heterocycles. The van der Waals surface area contributed by atoms with Crippen LogP contribution < -0.4 is 10.2 Å². The fourth-order valence-electron chi connectivity index (χ4n) is 4.63. The monoisotopic (exact) mass is 580 g/mol. The van der Waals surface area contributed by atoms with E-state index in [1.54, 1.807) is 0 Å². The average molecular weight is 580 g/mol. The third-order valence-corrected chi connectivity index (χ3v) is 6.85. The molecule has 0 spiro atoms. The molecule has 2 aliphatic rings. The predicted octanol–water partition coefficient (Wildman–Crippen LogP) is -1.78. The molecule has 3 aromatic rings. The summed E-state index contributed by atoms with van der Waals surface area (Å²) in [5, 5.41) is 90.9. The molecule has 0 aliphatic carbocycles. The maximum atomic E-state index is 12.7. The zero-order valence-electron chi connectivity index (χ0n) is 21.0. The van der Waals surface area contributed by atoms with E-state index < -0.39 is 85.4 Å². The van der Waals surface area contributed by atoms with Crippen LogP contribution in [-0.2, 0) is 14.2 Å². The lowest BCUT2D eigenvalue weighted by Gasteiger charge is -2.44. The minimum absolute atomic E-state index is 0.0373. The molecule has 2 saturated heterocycles. The molecule has 2 fully saturated rings. The molecule has 9 N–H and O–H groups in total. The van der Waals surface area contributed by atoms with Crippen molar-refractivity contribution in [3.63, 3.8) is 0 Å². The molecule has 9 atom stereocenters. The lowest BCUT2D eigenvalue weighted by molar-refractivity contribution is -0.345. The quantitative estimate of drug-likeness (QED) is 0.156. The second-order valence-corrected chi connectivity index (χ2v) is 9.67. The molecule has 3 unspecified atom stereocenters. The van der Waals surface area contributed by atoms with Crippen molar-refractivity contribution in [2.75, 3.05) is 13.2 Å². The van der Waals surface area contributed by atoms with Crippen molar-refractivity contribution in [1.82, 2.24) is 0 Å². The number of rotatable bonds is 6. The van der Waals surface area contributed by atoms with Gasteiger partial charge in [-0.3, -0.25) is 4.79 Å². The Hall–Kier alpha value is -3.51. The summed E-state index contributed by atoms with van der Waals surface area (Å²) in [6.45, 7) is -1.17. The van der Waals surface area contributed by atoms with Crippen molar-refractivity contribution in [3.8, 4) is 34.3 Å². The molecular weight excluding hydrogens is 552 g/mol. The second-order valence-electron chi connectivity index (χ2n) is 9.67. The first kappa shape index (κ1) is 29.0. The molecule has 2 aromatic carbocycles. The van der Waals surface area contributed by atoms with E-state index in [2.05, 4.69) is 0 Å². The van der Waals surface area contributed by atoms with Crippen molar-refractivity contribution < 1.29 is 69.3 Å². The summed E-state index contributed by atoms with van der Waals surface area (Å²) < 4.78 is 27.8. The summed E-state index contributed by atoms with van der Waals surface area (Å²) in [7, 11) is 0. The topological polar surface area (TPSA) is 249 Å². The van der Waals surface area contributed by atoms with Gasteiger partial charge in [0.2, 0.25) is 6.29 Å². The molecule has 5 rings (SSSR count). The first-order chi connectivity index (χ1) is 19.5. The first-order valence-corrected chi connectivity index (χ1v) is 12.4. The molecule has 15 heteroatoms. The normalized spacial score (nSPS) is 32.2. The number of aliphatic hydroxyl groups is 6. The Bertz CT molecular complexity index is 1460. The van der Waals surface area contributed by atoms with Crippen LogP contribution in [0.15, 0.2) is 45.6 Å². The number of fused-ring (bicyclic) bond motifs is 1. The Kier molecular flexibility index (Phi) is 8.06. The fourth-order valence-corrected chi connectivity index (χ4v) is 4.63. The SMILES string of the molecule is O=c1cc(-c2ccc(O)c(O[C@@H]3OC(CO)[C@@H](O)[C@H](O)C3O[C@@H]3OC[C@@H](O)[C@H](O)C3O)c2)oc2cc(O)cc(O)c12. The van der Waals surface area contributed by atoms with E-state index in [9.17, 15) is 50.8 Å². The smallest absolute Gasteiger partial charge is 0.229 e. The van der Waals surface area contributed by atoms with Gasteiger partial charge in [0.25, 0.3) is 0 Å². The molecule has 1 aromatic heterocycles. The number of hydrogen-bond acceptors (Lipinski definition) is 15. The zero-order chi connectivity index (χ0) is 29.6. The van der Waals surface area contributed by atoms with Crippen LogP contribution in [0.2, 0.25) is 0 Å². The zero-order valence-corrected chi connectivity index (χ0v) is 21.0. The summed E-state index contributed by atoms with van der Waals surface area (Å²) in [6, 6.07) is 6.99. The minimum Gasteiger partial charge on any atom is -0.508 e. The van der Waals surface area contributed by atoms with Crippen LogP contribution in [0.3, 0.4) is 0 Å². The van der Waals surface area contributed by atoms with Gasteiger partial charge in [-0.25, -0.2) is 0 Å². The van der Waals surface area contributed by atoms with Crippen molar-refractivity contribution in [3.05, 3.63) is 46.6 Å². The van der Waals surface area contributed by atoms with Crippen LogP contribution in [0.1, 0.15) is 0 Å². The highest BCUT2D eigenvalue weighted by atomic mass is 16.8. The molecule has 0 radical (unpaired) electrons. The Morgan fingerprint density at radius 1 is 0.854 bits per heavy atom. The van der Waals surface area contributed by atoms with Crippen molar-refractivity contribution in [2.45, 2.75) is 55.3 Å². The van der Waals surface area contributed by atoms with Gasteiger partial charge >= 0.3 is 0 Å². The summed E-state index contributed by atoms with van der Waals surface area (Å²) >= 11 is 0. The molecule has 3 heterocycles. The molecule has 0 saturated carbocycles. The van der Waals surface area contributed by atoms with E-state index in [0.29, 0.717) is 0 Å². The standard InChI is InChI=1S/C26H28O15/c27-7-18-21(34)22(35)24(41-25-23(36)20(33)14(32)8-37-25)26(40-18)39-16-3-9(1-2-11(16)29)15-6-13(31)19-12(30)4-10(28)5-17(19)38-15/h1-6,14,18,20-30,32-36H,7-8H2/t14-,18?,20+,21-,22+,23?,24?,25+,26-/m1/s1. The number of aromatic hydroxyl groups is 3. The maximum absolute atomic E-state index is 12.7. The Morgan fingerprint density at radius 2 is 1.61 bits per heavy atom. The first-order valence-electron chi connectivity index (χ1n) is 12.4. The minimum atomic E-state index is -1.78. The van der Waals surface area contributed by atoms with Crippen LogP contribution in [0, 0.1) is 0 Å². The van der Waals surface area contributed by atoms with E-state index >= 15 is 0 Å². The number of phenols is 3. The number of ether oxygens (including phenoxy) is 4. The van der Waals surface area contributed by atoms with Crippen molar-refractivity contribution in [1.29, 1.82) is 0 Å². The van der Waals surface area contributed by atoms with Gasteiger partial charge in [0.15, 0.2) is 29.3 Å². The Labute approximate surface area is 230 Å². The van der Waals surface area contributed by atoms with E-state index in [1.807, 2.05) is 0 Å². The highest BCUT2D eigenvalue weighted by molar-refractivity contribution is 5.86. The lowest BCUT2D eigenvalue weighted by Crippen LogP contribution is -2.63. The van der Waals surface area contributed by atoms with E-state index in [-0.39, 0.29) is 33.8 Å². The molecule has 0 amide bonds. The molecular formula is C26H28O15. The van der Waals surface area contributed by atoms with E-state index in [4.69, 9.17) is 23.4 Å². The van der Waals surface area contributed by atoms with E-state index in [1.165, 1.54) is 18.2 Å². The van der Waals surface area contributed by atoms with Gasteiger partial charge in [-0.05, 0) is 18.2 Å². The van der Waals surface area contributed by atoms with Crippen LogP contribution >= 0.6 is 0 Å². The van der Waals surface area contributed by atoms with Gasteiger partial charge in [0.1, 0.15) is 64.9 Å².